The highest BCUT2D eigenvalue weighted by Crippen LogP contribution is 2.40. The first-order chi connectivity index (χ1) is 8.74. The van der Waals surface area contributed by atoms with E-state index in [1.54, 1.807) is 0 Å². The number of alkyl halides is 1. The number of rotatable bonds is 4. The number of nitrogens with zero attached hydrogens (tertiary/aromatic N) is 1. The number of hydrogen-bond acceptors (Lipinski definition) is 1. The average molecular weight is 260 g/mol. The van der Waals surface area contributed by atoms with Crippen molar-refractivity contribution < 1.29 is 0 Å². The highest BCUT2D eigenvalue weighted by Gasteiger charge is 2.32. The summed E-state index contributed by atoms with van der Waals surface area (Å²) in [4.78, 5) is 4.69. The van der Waals surface area contributed by atoms with Crippen LogP contribution in [0.5, 0.6) is 0 Å². The molecule has 2 atom stereocenters. The molecule has 3 rings (SSSR count). The van der Waals surface area contributed by atoms with Gasteiger partial charge in [0.1, 0.15) is 0 Å². The zero-order chi connectivity index (χ0) is 12.5. The number of aromatic nitrogens is 1. The quantitative estimate of drug-likeness (QED) is 0.740. The van der Waals surface area contributed by atoms with Crippen LogP contribution in [-0.4, -0.2) is 10.4 Å². The molecule has 1 aromatic heterocycles. The summed E-state index contributed by atoms with van der Waals surface area (Å²) in [6, 6.07) is 12.5. The van der Waals surface area contributed by atoms with Gasteiger partial charge in [0, 0.05) is 22.9 Å². The fourth-order valence-corrected chi connectivity index (χ4v) is 2.89. The lowest BCUT2D eigenvalue weighted by atomic mass is 9.98. The van der Waals surface area contributed by atoms with Crippen molar-refractivity contribution in [1.29, 1.82) is 0 Å². The first-order valence-corrected chi connectivity index (χ1v) is 7.16. The van der Waals surface area contributed by atoms with E-state index in [1.807, 2.05) is 12.1 Å². The third-order valence-electron chi connectivity index (χ3n) is 4.00. The normalized spacial score (nSPS) is 18.8. The predicted octanol–water partition coefficient (Wildman–Crippen LogP) is 4.43. The molecule has 2 heteroatoms. The molecule has 1 fully saturated rings. The summed E-state index contributed by atoms with van der Waals surface area (Å²) >= 11 is 6.51. The summed E-state index contributed by atoms with van der Waals surface area (Å²) in [6.07, 6.45) is 3.59. The van der Waals surface area contributed by atoms with Crippen molar-refractivity contribution in [2.45, 2.75) is 31.6 Å². The molecule has 2 aromatic rings. The molecule has 1 aliphatic rings. The molecule has 1 saturated carbocycles. The number of halogens is 1. The molecular formula is C16H18ClN. The van der Waals surface area contributed by atoms with Gasteiger partial charge in [-0.2, -0.15) is 0 Å². The fraction of sp³-hybridized carbons (Fsp3) is 0.438. The van der Waals surface area contributed by atoms with Crippen LogP contribution < -0.4 is 0 Å². The van der Waals surface area contributed by atoms with Crippen molar-refractivity contribution in [1.82, 2.24) is 4.98 Å². The highest BCUT2D eigenvalue weighted by molar-refractivity contribution is 6.20. The molecule has 2 unspecified atom stereocenters. The number of para-hydroxylation sites is 1. The minimum Gasteiger partial charge on any atom is -0.253 e. The Bertz CT molecular complexity index is 548. The largest absolute Gasteiger partial charge is 0.253 e. The Hall–Kier alpha value is -1.08. The average Bonchev–Trinajstić information content (AvgIpc) is 3.22. The van der Waals surface area contributed by atoms with Gasteiger partial charge in [0.15, 0.2) is 0 Å². The summed E-state index contributed by atoms with van der Waals surface area (Å²) in [5.41, 5.74) is 2.18. The molecule has 18 heavy (non-hydrogen) atoms. The molecule has 0 amide bonds. The first-order valence-electron chi connectivity index (χ1n) is 6.73. The highest BCUT2D eigenvalue weighted by atomic mass is 35.5. The van der Waals surface area contributed by atoms with Gasteiger partial charge in [0.25, 0.3) is 0 Å². The van der Waals surface area contributed by atoms with E-state index in [2.05, 4.69) is 31.2 Å². The lowest BCUT2D eigenvalue weighted by molar-refractivity contribution is 0.476. The van der Waals surface area contributed by atoms with Crippen molar-refractivity contribution in [2.24, 2.45) is 11.8 Å². The molecule has 0 aliphatic heterocycles. The van der Waals surface area contributed by atoms with E-state index in [0.29, 0.717) is 5.92 Å². The molecule has 1 aliphatic carbocycles. The second kappa shape index (κ2) is 4.89. The molecule has 0 spiro atoms. The minimum atomic E-state index is 0.214. The van der Waals surface area contributed by atoms with Gasteiger partial charge in [0.2, 0.25) is 0 Å². The van der Waals surface area contributed by atoms with Crippen LogP contribution in [0.2, 0.25) is 0 Å². The summed E-state index contributed by atoms with van der Waals surface area (Å²) in [5, 5.41) is 1.41. The maximum absolute atomic E-state index is 6.51. The standard InChI is InChI=1S/C16H18ClN/c1-11(12-6-7-12)15(17)10-14-9-8-13-4-2-3-5-16(13)18-14/h2-5,8-9,11-12,15H,6-7,10H2,1H3. The third-order valence-corrected chi connectivity index (χ3v) is 4.55. The van der Waals surface area contributed by atoms with Crippen molar-refractivity contribution in [3.8, 4) is 0 Å². The topological polar surface area (TPSA) is 12.9 Å². The van der Waals surface area contributed by atoms with E-state index in [9.17, 15) is 0 Å². The Labute approximate surface area is 113 Å². The van der Waals surface area contributed by atoms with Gasteiger partial charge in [-0.05, 0) is 36.8 Å². The molecule has 1 nitrogen and oxygen atoms in total. The molecule has 1 heterocycles. The number of benzene rings is 1. The monoisotopic (exact) mass is 259 g/mol. The van der Waals surface area contributed by atoms with Crippen molar-refractivity contribution in [3.63, 3.8) is 0 Å². The Kier molecular flexibility index (Phi) is 3.25. The van der Waals surface area contributed by atoms with Crippen LogP contribution in [0.25, 0.3) is 10.9 Å². The summed E-state index contributed by atoms with van der Waals surface area (Å²) in [7, 11) is 0. The number of fused-ring (bicyclic) bond motifs is 1. The Morgan fingerprint density at radius 2 is 2.00 bits per heavy atom. The Morgan fingerprint density at radius 1 is 1.22 bits per heavy atom. The van der Waals surface area contributed by atoms with Gasteiger partial charge >= 0.3 is 0 Å². The third kappa shape index (κ3) is 2.51. The zero-order valence-electron chi connectivity index (χ0n) is 10.6. The fourth-order valence-electron chi connectivity index (χ4n) is 2.52. The smallest absolute Gasteiger partial charge is 0.0705 e. The lowest BCUT2D eigenvalue weighted by Gasteiger charge is -2.17. The van der Waals surface area contributed by atoms with Gasteiger partial charge in [-0.1, -0.05) is 31.2 Å². The number of pyridine rings is 1. The van der Waals surface area contributed by atoms with E-state index in [-0.39, 0.29) is 5.38 Å². The van der Waals surface area contributed by atoms with Crippen LogP contribution in [0.1, 0.15) is 25.5 Å². The zero-order valence-corrected chi connectivity index (χ0v) is 11.4. The molecule has 0 radical (unpaired) electrons. The SMILES string of the molecule is CC(C(Cl)Cc1ccc2ccccc2n1)C1CC1. The summed E-state index contributed by atoms with van der Waals surface area (Å²) in [5.74, 6) is 1.47. The predicted molar refractivity (Wildman–Crippen MR) is 77.0 cm³/mol. The van der Waals surface area contributed by atoms with Crippen molar-refractivity contribution in [3.05, 3.63) is 42.1 Å². The van der Waals surface area contributed by atoms with Crippen LogP contribution in [-0.2, 0) is 6.42 Å². The van der Waals surface area contributed by atoms with E-state index >= 15 is 0 Å². The van der Waals surface area contributed by atoms with Crippen molar-refractivity contribution in [2.75, 3.05) is 0 Å². The van der Waals surface area contributed by atoms with Gasteiger partial charge in [-0.3, -0.25) is 4.98 Å². The molecular weight excluding hydrogens is 242 g/mol. The molecule has 1 aromatic carbocycles. The minimum absolute atomic E-state index is 0.214. The lowest BCUT2D eigenvalue weighted by Crippen LogP contribution is -2.16. The first kappa shape index (κ1) is 12.0. The molecule has 94 valence electrons. The maximum atomic E-state index is 6.51. The summed E-state index contributed by atoms with van der Waals surface area (Å²) < 4.78 is 0. The summed E-state index contributed by atoms with van der Waals surface area (Å²) in [6.45, 7) is 2.27. The van der Waals surface area contributed by atoms with Crippen LogP contribution in [0.3, 0.4) is 0 Å². The van der Waals surface area contributed by atoms with Gasteiger partial charge in [0.05, 0.1) is 5.52 Å². The van der Waals surface area contributed by atoms with Crippen molar-refractivity contribution >= 4 is 22.5 Å². The van der Waals surface area contributed by atoms with Gasteiger partial charge in [-0.25, -0.2) is 0 Å². The van der Waals surface area contributed by atoms with Gasteiger partial charge in [-0.15, -0.1) is 11.6 Å². The molecule has 0 saturated heterocycles. The molecule has 0 N–H and O–H groups in total. The van der Waals surface area contributed by atoms with E-state index in [4.69, 9.17) is 16.6 Å². The van der Waals surface area contributed by atoms with E-state index in [1.165, 1.54) is 18.2 Å². The van der Waals surface area contributed by atoms with Gasteiger partial charge < -0.3 is 0 Å². The van der Waals surface area contributed by atoms with Crippen LogP contribution >= 0.6 is 11.6 Å². The number of hydrogen-bond donors (Lipinski definition) is 0. The Balaban J connectivity index is 1.77. The van der Waals surface area contributed by atoms with Crippen LogP contribution in [0.4, 0.5) is 0 Å². The van der Waals surface area contributed by atoms with Crippen LogP contribution in [0, 0.1) is 11.8 Å². The Morgan fingerprint density at radius 3 is 2.78 bits per heavy atom. The second-order valence-corrected chi connectivity index (χ2v) is 5.97. The van der Waals surface area contributed by atoms with Crippen LogP contribution in [0.15, 0.2) is 36.4 Å². The molecule has 0 bridgehead atoms. The van der Waals surface area contributed by atoms with E-state index < -0.39 is 0 Å². The van der Waals surface area contributed by atoms with E-state index in [0.717, 1.165) is 23.5 Å². The second-order valence-electron chi connectivity index (χ2n) is 5.41. The maximum Gasteiger partial charge on any atom is 0.0705 e.